The molecule has 0 fully saturated rings. The molecule has 3 N–H and O–H groups in total. The summed E-state index contributed by atoms with van der Waals surface area (Å²) in [6.45, 7) is 2.07. The number of aromatic hydroxyl groups is 1. The Labute approximate surface area is 162 Å². The fourth-order valence-electron chi connectivity index (χ4n) is 3.25. The number of carboxylic acids is 1. The topological polar surface area (TPSA) is 99.8 Å². The van der Waals surface area contributed by atoms with E-state index in [1.54, 1.807) is 6.07 Å². The quantitative estimate of drug-likeness (QED) is 0.512. The van der Waals surface area contributed by atoms with Crippen molar-refractivity contribution < 1.29 is 19.4 Å². The van der Waals surface area contributed by atoms with E-state index in [-0.39, 0.29) is 17.9 Å². The molecule has 0 spiro atoms. The van der Waals surface area contributed by atoms with Gasteiger partial charge in [0.15, 0.2) is 0 Å². The lowest BCUT2D eigenvalue weighted by Gasteiger charge is -2.16. The summed E-state index contributed by atoms with van der Waals surface area (Å²) in [5, 5.41) is 23.4. The van der Waals surface area contributed by atoms with Crippen molar-refractivity contribution >= 4 is 16.9 Å². The third-order valence-corrected chi connectivity index (χ3v) is 4.75. The van der Waals surface area contributed by atoms with Crippen LogP contribution in [-0.2, 0) is 11.3 Å². The molecule has 0 aliphatic rings. The standard InChI is InChI=1S/C22H23NO5/c1-2-3-9-18(22(26)27)23-13-17-19(24)11-10-15-16(12-20(25)28-21(15)17)14-7-5-4-6-8-14/h4-8,10-12,18,23-24H,2-3,9,13H2,1H3,(H,26,27). The maximum absolute atomic E-state index is 12.2. The Morgan fingerprint density at radius 3 is 2.61 bits per heavy atom. The SMILES string of the molecule is CCCCC(NCc1c(O)ccc2c(-c3ccccc3)cc(=O)oc12)C(=O)O. The van der Waals surface area contributed by atoms with E-state index in [4.69, 9.17) is 4.42 Å². The van der Waals surface area contributed by atoms with Crippen molar-refractivity contribution in [3.63, 3.8) is 0 Å². The van der Waals surface area contributed by atoms with Gasteiger partial charge >= 0.3 is 11.6 Å². The van der Waals surface area contributed by atoms with Crippen molar-refractivity contribution in [2.75, 3.05) is 0 Å². The molecule has 0 saturated carbocycles. The first kappa shape index (κ1) is 19.6. The van der Waals surface area contributed by atoms with Gasteiger partial charge in [0.2, 0.25) is 0 Å². The van der Waals surface area contributed by atoms with E-state index < -0.39 is 17.6 Å². The van der Waals surface area contributed by atoms with Crippen molar-refractivity contribution in [3.8, 4) is 16.9 Å². The molecule has 6 heteroatoms. The van der Waals surface area contributed by atoms with Crippen LogP contribution in [0.5, 0.6) is 5.75 Å². The van der Waals surface area contributed by atoms with E-state index in [0.717, 1.165) is 18.4 Å². The van der Waals surface area contributed by atoms with E-state index >= 15 is 0 Å². The number of nitrogens with one attached hydrogen (secondary N) is 1. The zero-order chi connectivity index (χ0) is 20.1. The molecule has 28 heavy (non-hydrogen) atoms. The molecular formula is C22H23NO5. The molecule has 1 heterocycles. The van der Waals surface area contributed by atoms with Gasteiger partial charge in [-0.3, -0.25) is 4.79 Å². The summed E-state index contributed by atoms with van der Waals surface area (Å²) in [4.78, 5) is 23.6. The van der Waals surface area contributed by atoms with Gasteiger partial charge in [0.1, 0.15) is 17.4 Å². The van der Waals surface area contributed by atoms with E-state index in [2.05, 4.69) is 5.32 Å². The minimum atomic E-state index is -0.945. The summed E-state index contributed by atoms with van der Waals surface area (Å²) in [7, 11) is 0. The highest BCUT2D eigenvalue weighted by molar-refractivity contribution is 5.95. The van der Waals surface area contributed by atoms with Gasteiger partial charge in [0.25, 0.3) is 0 Å². The van der Waals surface area contributed by atoms with Crippen LogP contribution in [0.15, 0.2) is 57.7 Å². The summed E-state index contributed by atoms with van der Waals surface area (Å²) in [6, 6.07) is 13.4. The first-order chi connectivity index (χ1) is 13.5. The van der Waals surface area contributed by atoms with Crippen LogP contribution in [-0.4, -0.2) is 22.2 Å². The van der Waals surface area contributed by atoms with Crippen LogP contribution in [0, 0.1) is 0 Å². The molecule has 0 bridgehead atoms. The molecular weight excluding hydrogens is 358 g/mol. The van der Waals surface area contributed by atoms with E-state index in [9.17, 15) is 19.8 Å². The molecule has 2 aromatic carbocycles. The number of fused-ring (bicyclic) bond motifs is 1. The second-order valence-corrected chi connectivity index (χ2v) is 6.70. The number of phenolic OH excluding ortho intramolecular Hbond substituents is 1. The number of carbonyl (C=O) groups is 1. The molecule has 1 aromatic heterocycles. The van der Waals surface area contributed by atoms with E-state index in [0.29, 0.717) is 22.9 Å². The number of hydrogen-bond acceptors (Lipinski definition) is 5. The lowest BCUT2D eigenvalue weighted by molar-refractivity contribution is -0.139. The van der Waals surface area contributed by atoms with E-state index in [1.807, 2.05) is 37.3 Å². The molecule has 6 nitrogen and oxygen atoms in total. The summed E-state index contributed by atoms with van der Waals surface area (Å²) in [5.41, 5.74) is 1.66. The number of rotatable bonds is 8. The maximum atomic E-state index is 12.2. The molecule has 0 amide bonds. The molecule has 0 saturated heterocycles. The zero-order valence-corrected chi connectivity index (χ0v) is 15.6. The molecule has 3 aromatic rings. The predicted octanol–water partition coefficient (Wildman–Crippen LogP) is 3.90. The van der Waals surface area contributed by atoms with Crippen molar-refractivity contribution in [3.05, 3.63) is 64.5 Å². The number of carboxylic acid groups (broad SMARTS) is 1. The van der Waals surface area contributed by atoms with Gasteiger partial charge in [-0.15, -0.1) is 0 Å². The van der Waals surface area contributed by atoms with Crippen molar-refractivity contribution in [1.82, 2.24) is 5.32 Å². The number of hydrogen-bond donors (Lipinski definition) is 3. The Balaban J connectivity index is 2.03. The predicted molar refractivity (Wildman–Crippen MR) is 107 cm³/mol. The van der Waals surface area contributed by atoms with Gasteiger partial charge in [-0.1, -0.05) is 50.1 Å². The van der Waals surface area contributed by atoms with Crippen LogP contribution < -0.4 is 10.9 Å². The highest BCUT2D eigenvalue weighted by Crippen LogP contribution is 2.33. The zero-order valence-electron chi connectivity index (χ0n) is 15.6. The lowest BCUT2D eigenvalue weighted by atomic mass is 9.99. The average Bonchev–Trinajstić information content (AvgIpc) is 2.69. The third-order valence-electron chi connectivity index (χ3n) is 4.75. The average molecular weight is 381 g/mol. The van der Waals surface area contributed by atoms with Gasteiger partial charge < -0.3 is 19.9 Å². The molecule has 0 aliphatic heterocycles. The Bertz CT molecular complexity index is 1030. The van der Waals surface area contributed by atoms with Crippen LogP contribution >= 0.6 is 0 Å². The summed E-state index contributed by atoms with van der Waals surface area (Å²) >= 11 is 0. The molecule has 0 aliphatic carbocycles. The van der Waals surface area contributed by atoms with E-state index in [1.165, 1.54) is 12.1 Å². The summed E-state index contributed by atoms with van der Waals surface area (Å²) in [6.07, 6.45) is 2.15. The first-order valence-electron chi connectivity index (χ1n) is 9.31. The van der Waals surface area contributed by atoms with Crippen LogP contribution in [0.1, 0.15) is 31.7 Å². The highest BCUT2D eigenvalue weighted by atomic mass is 16.4. The summed E-state index contributed by atoms with van der Waals surface area (Å²) < 4.78 is 5.41. The lowest BCUT2D eigenvalue weighted by Crippen LogP contribution is -2.36. The van der Waals surface area contributed by atoms with Crippen molar-refractivity contribution in [2.45, 2.75) is 38.8 Å². The first-order valence-corrected chi connectivity index (χ1v) is 9.31. The second kappa shape index (κ2) is 8.71. The fourth-order valence-corrected chi connectivity index (χ4v) is 3.25. The van der Waals surface area contributed by atoms with Crippen LogP contribution in [0.2, 0.25) is 0 Å². The number of unbranched alkanes of at least 4 members (excludes halogenated alkanes) is 1. The minimum absolute atomic E-state index is 0.0482. The van der Waals surface area contributed by atoms with Gasteiger partial charge in [-0.2, -0.15) is 0 Å². The highest BCUT2D eigenvalue weighted by Gasteiger charge is 2.19. The van der Waals surface area contributed by atoms with Crippen LogP contribution in [0.3, 0.4) is 0 Å². The molecule has 146 valence electrons. The van der Waals surface area contributed by atoms with Crippen molar-refractivity contribution in [1.29, 1.82) is 0 Å². The molecule has 0 radical (unpaired) electrons. The summed E-state index contributed by atoms with van der Waals surface area (Å²) in [5.74, 6) is -0.993. The Morgan fingerprint density at radius 1 is 1.18 bits per heavy atom. The van der Waals surface area contributed by atoms with Gasteiger partial charge in [0.05, 0.1) is 5.56 Å². The monoisotopic (exact) mass is 381 g/mol. The van der Waals surface area contributed by atoms with Gasteiger partial charge in [-0.25, -0.2) is 4.79 Å². The number of benzene rings is 2. The largest absolute Gasteiger partial charge is 0.507 e. The Morgan fingerprint density at radius 2 is 1.93 bits per heavy atom. The molecule has 1 atom stereocenters. The minimum Gasteiger partial charge on any atom is -0.507 e. The smallest absolute Gasteiger partial charge is 0.336 e. The third kappa shape index (κ3) is 4.23. The molecule has 3 rings (SSSR count). The number of phenols is 1. The van der Waals surface area contributed by atoms with Gasteiger partial charge in [0, 0.05) is 18.0 Å². The van der Waals surface area contributed by atoms with Crippen LogP contribution in [0.25, 0.3) is 22.1 Å². The maximum Gasteiger partial charge on any atom is 0.336 e. The second-order valence-electron chi connectivity index (χ2n) is 6.70. The number of aliphatic carboxylic acids is 1. The van der Waals surface area contributed by atoms with Crippen LogP contribution in [0.4, 0.5) is 0 Å². The molecule has 1 unspecified atom stereocenters. The van der Waals surface area contributed by atoms with Gasteiger partial charge in [-0.05, 0) is 29.7 Å². The Kier molecular flexibility index (Phi) is 6.11. The Hall–Kier alpha value is -3.12. The van der Waals surface area contributed by atoms with Crippen molar-refractivity contribution in [2.24, 2.45) is 0 Å². The normalized spacial score (nSPS) is 12.2. The fraction of sp³-hybridized carbons (Fsp3) is 0.273.